The minimum absolute atomic E-state index is 0.232. The fraction of sp³-hybridized carbons (Fsp3) is 0.273. The fourth-order valence-electron chi connectivity index (χ4n) is 4.06. The van der Waals surface area contributed by atoms with Crippen molar-refractivity contribution in [1.82, 2.24) is 4.57 Å². The molecule has 1 aromatic heterocycles. The van der Waals surface area contributed by atoms with Crippen LogP contribution in [0.4, 0.5) is 0 Å². The molecular formula is C22H25N2O2+. The standard InChI is InChI=1S/C22H24N2O2/c1-13-9-15(3)19(16(4)10-13)23-7-8-24(21(23)22(25)26)20-17(5)11-14(2)12-18(20)6/h7-12H,1-6H3/p+1. The highest BCUT2D eigenvalue weighted by atomic mass is 16.4. The van der Waals surface area contributed by atoms with Gasteiger partial charge in [0.25, 0.3) is 0 Å². The number of nitrogens with zero attached hydrogens (tertiary/aromatic N) is 2. The quantitative estimate of drug-likeness (QED) is 0.717. The van der Waals surface area contributed by atoms with E-state index in [0.717, 1.165) is 33.6 Å². The van der Waals surface area contributed by atoms with Crippen molar-refractivity contribution < 1.29 is 14.5 Å². The number of aryl methyl sites for hydroxylation is 6. The second kappa shape index (κ2) is 6.45. The van der Waals surface area contributed by atoms with Crippen molar-refractivity contribution in [2.45, 2.75) is 41.5 Å². The molecule has 0 spiro atoms. The SMILES string of the molecule is Cc1cc(C)c(-n2cc[n+](-c3c(C)cc(C)cc3C)c2C(=O)O)c(C)c1. The Morgan fingerprint density at radius 3 is 1.77 bits per heavy atom. The molecule has 26 heavy (non-hydrogen) atoms. The maximum Gasteiger partial charge on any atom is 0.420 e. The van der Waals surface area contributed by atoms with E-state index in [9.17, 15) is 9.90 Å². The van der Waals surface area contributed by atoms with Crippen LogP contribution < -0.4 is 4.57 Å². The van der Waals surface area contributed by atoms with E-state index in [1.165, 1.54) is 11.1 Å². The van der Waals surface area contributed by atoms with Crippen molar-refractivity contribution >= 4 is 5.97 Å². The summed E-state index contributed by atoms with van der Waals surface area (Å²) < 4.78 is 3.57. The van der Waals surface area contributed by atoms with E-state index in [2.05, 4.69) is 38.1 Å². The van der Waals surface area contributed by atoms with Gasteiger partial charge in [-0.05, 0) is 63.8 Å². The molecule has 0 aliphatic carbocycles. The molecule has 3 aromatic rings. The molecule has 0 atom stereocenters. The number of aromatic nitrogens is 2. The second-order valence-electron chi connectivity index (χ2n) is 7.16. The predicted octanol–water partition coefficient (Wildman–Crippen LogP) is 4.30. The third-order valence-electron chi connectivity index (χ3n) is 4.77. The molecule has 4 nitrogen and oxygen atoms in total. The Morgan fingerprint density at radius 1 is 0.846 bits per heavy atom. The summed E-state index contributed by atoms with van der Waals surface area (Å²) in [6.07, 6.45) is 3.68. The molecule has 1 heterocycles. The minimum Gasteiger partial charge on any atom is -0.472 e. The molecule has 2 aromatic carbocycles. The molecule has 0 saturated heterocycles. The smallest absolute Gasteiger partial charge is 0.420 e. The zero-order chi connectivity index (χ0) is 19.2. The third kappa shape index (κ3) is 2.92. The first kappa shape index (κ1) is 17.9. The molecule has 0 aliphatic heterocycles. The Balaban J connectivity index is 2.33. The number of hydrogen-bond acceptors (Lipinski definition) is 1. The number of aromatic carboxylic acids is 1. The normalized spacial score (nSPS) is 11.0. The van der Waals surface area contributed by atoms with Crippen LogP contribution in [0.2, 0.25) is 0 Å². The zero-order valence-corrected chi connectivity index (χ0v) is 16.2. The van der Waals surface area contributed by atoms with Gasteiger partial charge in [-0.15, -0.1) is 0 Å². The molecule has 4 heteroatoms. The lowest BCUT2D eigenvalue weighted by molar-refractivity contribution is -0.598. The summed E-state index contributed by atoms with van der Waals surface area (Å²) in [6.45, 7) is 12.2. The van der Waals surface area contributed by atoms with Crippen LogP contribution in [0.1, 0.15) is 44.0 Å². The molecule has 0 radical (unpaired) electrons. The van der Waals surface area contributed by atoms with Crippen LogP contribution in [0.5, 0.6) is 0 Å². The van der Waals surface area contributed by atoms with Crippen LogP contribution in [-0.4, -0.2) is 15.6 Å². The largest absolute Gasteiger partial charge is 0.472 e. The van der Waals surface area contributed by atoms with Gasteiger partial charge in [0.15, 0.2) is 0 Å². The number of carboxylic acids is 1. The molecule has 0 unspecified atom stereocenters. The van der Waals surface area contributed by atoms with Crippen LogP contribution >= 0.6 is 0 Å². The summed E-state index contributed by atoms with van der Waals surface area (Å²) in [5, 5.41) is 9.99. The first-order valence-electron chi connectivity index (χ1n) is 8.73. The highest BCUT2D eigenvalue weighted by Crippen LogP contribution is 2.24. The van der Waals surface area contributed by atoms with E-state index < -0.39 is 5.97 Å². The Bertz CT molecular complexity index is 908. The van der Waals surface area contributed by atoms with Crippen LogP contribution in [0.3, 0.4) is 0 Å². The third-order valence-corrected chi connectivity index (χ3v) is 4.77. The van der Waals surface area contributed by atoms with Gasteiger partial charge >= 0.3 is 11.8 Å². The van der Waals surface area contributed by atoms with Gasteiger partial charge in [0, 0.05) is 0 Å². The highest BCUT2D eigenvalue weighted by Gasteiger charge is 2.30. The number of carbonyl (C=O) groups is 1. The molecular weight excluding hydrogens is 324 g/mol. The Kier molecular flexibility index (Phi) is 4.45. The van der Waals surface area contributed by atoms with Gasteiger partial charge in [-0.2, -0.15) is 9.13 Å². The Labute approximate surface area is 154 Å². The topological polar surface area (TPSA) is 46.1 Å². The van der Waals surface area contributed by atoms with Crippen molar-refractivity contribution in [2.75, 3.05) is 0 Å². The van der Waals surface area contributed by atoms with Crippen LogP contribution in [0.25, 0.3) is 11.4 Å². The Morgan fingerprint density at radius 2 is 1.31 bits per heavy atom. The molecule has 0 aliphatic rings. The van der Waals surface area contributed by atoms with E-state index in [1.807, 2.05) is 40.1 Å². The van der Waals surface area contributed by atoms with Gasteiger partial charge in [-0.3, -0.25) is 0 Å². The van der Waals surface area contributed by atoms with Crippen molar-refractivity contribution in [3.8, 4) is 11.4 Å². The molecule has 0 fully saturated rings. The van der Waals surface area contributed by atoms with E-state index in [0.29, 0.717) is 0 Å². The number of imidazole rings is 1. The summed E-state index contributed by atoms with van der Waals surface area (Å²) in [5.74, 6) is -0.719. The summed E-state index contributed by atoms with van der Waals surface area (Å²) in [5.41, 5.74) is 8.44. The first-order chi connectivity index (χ1) is 12.2. The lowest BCUT2D eigenvalue weighted by atomic mass is 10.0. The van der Waals surface area contributed by atoms with Gasteiger partial charge < -0.3 is 5.11 Å². The van der Waals surface area contributed by atoms with Gasteiger partial charge in [-0.1, -0.05) is 35.4 Å². The number of benzene rings is 2. The van der Waals surface area contributed by atoms with E-state index in [4.69, 9.17) is 0 Å². The van der Waals surface area contributed by atoms with Crippen LogP contribution in [0, 0.1) is 41.5 Å². The van der Waals surface area contributed by atoms with Gasteiger partial charge in [0.05, 0.1) is 0 Å². The lowest BCUT2D eigenvalue weighted by Gasteiger charge is -2.11. The van der Waals surface area contributed by atoms with E-state index >= 15 is 0 Å². The van der Waals surface area contributed by atoms with Gasteiger partial charge in [0.2, 0.25) is 0 Å². The van der Waals surface area contributed by atoms with Gasteiger partial charge in [0.1, 0.15) is 23.8 Å². The first-order valence-corrected chi connectivity index (χ1v) is 8.73. The van der Waals surface area contributed by atoms with E-state index in [1.54, 1.807) is 9.13 Å². The summed E-state index contributed by atoms with van der Waals surface area (Å²) in [4.78, 5) is 12.2. The molecule has 1 N–H and O–H groups in total. The molecule has 0 amide bonds. The lowest BCUT2D eigenvalue weighted by Crippen LogP contribution is -2.38. The zero-order valence-electron chi connectivity index (χ0n) is 16.2. The molecule has 0 bridgehead atoms. The Hall–Kier alpha value is -2.88. The molecule has 134 valence electrons. The van der Waals surface area contributed by atoms with Crippen LogP contribution in [-0.2, 0) is 0 Å². The van der Waals surface area contributed by atoms with Crippen molar-refractivity contribution in [2.24, 2.45) is 0 Å². The van der Waals surface area contributed by atoms with Crippen molar-refractivity contribution in [1.29, 1.82) is 0 Å². The highest BCUT2D eigenvalue weighted by molar-refractivity contribution is 5.83. The summed E-state index contributed by atoms with van der Waals surface area (Å²) in [7, 11) is 0. The maximum absolute atomic E-state index is 12.2. The predicted molar refractivity (Wildman–Crippen MR) is 103 cm³/mol. The molecule has 3 rings (SSSR count). The second-order valence-corrected chi connectivity index (χ2v) is 7.16. The average molecular weight is 349 g/mol. The number of carboxylic acid groups (broad SMARTS) is 1. The van der Waals surface area contributed by atoms with Crippen molar-refractivity contribution in [3.63, 3.8) is 0 Å². The molecule has 0 saturated carbocycles. The van der Waals surface area contributed by atoms with E-state index in [-0.39, 0.29) is 5.82 Å². The fourth-order valence-corrected chi connectivity index (χ4v) is 4.06. The minimum atomic E-state index is -0.950. The summed E-state index contributed by atoms with van der Waals surface area (Å²) in [6, 6.07) is 8.34. The number of rotatable bonds is 3. The number of hydrogen-bond donors (Lipinski definition) is 1. The van der Waals surface area contributed by atoms with Crippen molar-refractivity contribution in [3.05, 3.63) is 75.9 Å². The summed E-state index contributed by atoms with van der Waals surface area (Å²) >= 11 is 0. The maximum atomic E-state index is 12.2. The van der Waals surface area contributed by atoms with Crippen LogP contribution in [0.15, 0.2) is 36.7 Å². The average Bonchev–Trinajstić information content (AvgIpc) is 2.89. The van der Waals surface area contributed by atoms with Gasteiger partial charge in [-0.25, -0.2) is 4.79 Å². The monoisotopic (exact) mass is 349 g/mol.